The highest BCUT2D eigenvalue weighted by molar-refractivity contribution is 9.10. The first kappa shape index (κ1) is 20.2. The molecule has 0 bridgehead atoms. The third-order valence-electron chi connectivity index (χ3n) is 3.90. The van der Waals surface area contributed by atoms with E-state index in [-0.39, 0.29) is 11.3 Å². The minimum Gasteiger partial charge on any atom is -0.444 e. The van der Waals surface area contributed by atoms with Gasteiger partial charge in [0.2, 0.25) is 6.10 Å². The number of nitro benzene ring substituents is 1. The quantitative estimate of drug-likeness (QED) is 0.337. The number of ether oxygens (including phenoxy) is 1. The third kappa shape index (κ3) is 5.02. The normalized spacial score (nSPS) is 11.3. The highest BCUT2D eigenvalue weighted by atomic mass is 79.9. The molecular formula is C20H14BrN3O5. The molecule has 0 fully saturated rings. The number of rotatable bonds is 6. The maximum Gasteiger partial charge on any atom is 0.339 e. The molecule has 0 saturated carbocycles. The van der Waals surface area contributed by atoms with Gasteiger partial charge in [-0.25, -0.2) is 4.79 Å². The molecule has 29 heavy (non-hydrogen) atoms. The van der Waals surface area contributed by atoms with Gasteiger partial charge in [0.15, 0.2) is 0 Å². The number of hydrogen-bond donors (Lipinski definition) is 1. The molecule has 1 atom stereocenters. The second-order valence-electron chi connectivity index (χ2n) is 5.84. The Balaban J connectivity index is 1.85. The smallest absolute Gasteiger partial charge is 0.339 e. The van der Waals surface area contributed by atoms with E-state index in [9.17, 15) is 19.7 Å². The average molecular weight is 456 g/mol. The van der Waals surface area contributed by atoms with Crippen LogP contribution in [0.1, 0.15) is 22.0 Å². The van der Waals surface area contributed by atoms with Gasteiger partial charge in [-0.15, -0.1) is 0 Å². The maximum absolute atomic E-state index is 12.9. The number of pyridine rings is 1. The van der Waals surface area contributed by atoms with Crippen LogP contribution in [0.15, 0.2) is 77.5 Å². The molecule has 3 rings (SSSR count). The van der Waals surface area contributed by atoms with Gasteiger partial charge in [0.25, 0.3) is 11.6 Å². The standard InChI is InChI=1S/C20H14BrN3O5/c21-16-12-15(24(27)28)6-7-17(16)23-19(25)18(13-4-2-1-3-5-13)29-20(26)14-8-10-22-11-9-14/h1-12,18H,(H,23,25). The minimum atomic E-state index is -1.22. The summed E-state index contributed by atoms with van der Waals surface area (Å²) in [5.74, 6) is -1.28. The molecule has 2 aromatic carbocycles. The maximum atomic E-state index is 12.9. The highest BCUT2D eigenvalue weighted by Gasteiger charge is 2.26. The number of nitro groups is 1. The minimum absolute atomic E-state index is 0.126. The Morgan fingerprint density at radius 2 is 1.76 bits per heavy atom. The zero-order valence-corrected chi connectivity index (χ0v) is 16.4. The summed E-state index contributed by atoms with van der Waals surface area (Å²) in [7, 11) is 0. The van der Waals surface area contributed by atoms with Crippen molar-refractivity contribution >= 4 is 39.2 Å². The molecule has 0 aliphatic carbocycles. The number of anilines is 1. The lowest BCUT2D eigenvalue weighted by atomic mass is 10.1. The highest BCUT2D eigenvalue weighted by Crippen LogP contribution is 2.29. The van der Waals surface area contributed by atoms with E-state index in [1.165, 1.54) is 42.7 Å². The number of aromatic nitrogens is 1. The molecule has 0 aliphatic heterocycles. The number of esters is 1. The predicted molar refractivity (Wildman–Crippen MR) is 108 cm³/mol. The molecule has 1 unspecified atom stereocenters. The molecule has 0 aliphatic rings. The number of carbonyl (C=O) groups is 2. The van der Waals surface area contributed by atoms with Crippen molar-refractivity contribution in [1.82, 2.24) is 4.98 Å². The van der Waals surface area contributed by atoms with E-state index in [1.807, 2.05) is 0 Å². The van der Waals surface area contributed by atoms with Crippen molar-refractivity contribution in [2.45, 2.75) is 6.10 Å². The van der Waals surface area contributed by atoms with E-state index in [1.54, 1.807) is 30.3 Å². The van der Waals surface area contributed by atoms with Crippen LogP contribution in [0, 0.1) is 10.1 Å². The van der Waals surface area contributed by atoms with Crippen LogP contribution in [0.2, 0.25) is 0 Å². The van der Waals surface area contributed by atoms with Gasteiger partial charge < -0.3 is 10.1 Å². The summed E-state index contributed by atoms with van der Waals surface area (Å²) in [6.45, 7) is 0. The largest absolute Gasteiger partial charge is 0.444 e. The van der Waals surface area contributed by atoms with E-state index in [0.29, 0.717) is 15.7 Å². The molecule has 3 aromatic rings. The zero-order valence-electron chi connectivity index (χ0n) is 14.8. The Morgan fingerprint density at radius 3 is 2.38 bits per heavy atom. The Kier molecular flexibility index (Phi) is 6.30. The lowest BCUT2D eigenvalue weighted by Crippen LogP contribution is -2.26. The van der Waals surface area contributed by atoms with Gasteiger partial charge in [-0.1, -0.05) is 30.3 Å². The van der Waals surface area contributed by atoms with E-state index in [0.717, 1.165) is 0 Å². The number of carbonyl (C=O) groups excluding carboxylic acids is 2. The fourth-order valence-corrected chi connectivity index (χ4v) is 2.95. The summed E-state index contributed by atoms with van der Waals surface area (Å²) >= 11 is 3.20. The Morgan fingerprint density at radius 1 is 1.07 bits per heavy atom. The topological polar surface area (TPSA) is 111 Å². The van der Waals surface area contributed by atoms with E-state index in [2.05, 4.69) is 26.2 Å². The number of nitrogens with zero attached hydrogens (tertiary/aromatic N) is 2. The first-order valence-electron chi connectivity index (χ1n) is 8.36. The number of halogens is 1. The lowest BCUT2D eigenvalue weighted by molar-refractivity contribution is -0.384. The molecule has 146 valence electrons. The lowest BCUT2D eigenvalue weighted by Gasteiger charge is -2.18. The summed E-state index contributed by atoms with van der Waals surface area (Å²) in [4.78, 5) is 39.5. The fraction of sp³-hybridized carbons (Fsp3) is 0.0500. The molecule has 0 radical (unpaired) electrons. The number of amides is 1. The van der Waals surface area contributed by atoms with Crippen LogP contribution in [0.3, 0.4) is 0 Å². The van der Waals surface area contributed by atoms with E-state index in [4.69, 9.17) is 4.74 Å². The van der Waals surface area contributed by atoms with Gasteiger partial charge in [0, 0.05) is 34.6 Å². The van der Waals surface area contributed by atoms with Crippen LogP contribution >= 0.6 is 15.9 Å². The third-order valence-corrected chi connectivity index (χ3v) is 4.56. The first-order valence-corrected chi connectivity index (χ1v) is 9.16. The van der Waals surface area contributed by atoms with E-state index >= 15 is 0 Å². The van der Waals surface area contributed by atoms with Crippen molar-refractivity contribution in [1.29, 1.82) is 0 Å². The monoisotopic (exact) mass is 455 g/mol. The Bertz CT molecular complexity index is 1040. The van der Waals surface area contributed by atoms with E-state index < -0.39 is 22.9 Å². The van der Waals surface area contributed by atoms with Crippen molar-refractivity contribution in [3.8, 4) is 0 Å². The zero-order chi connectivity index (χ0) is 20.8. The number of benzene rings is 2. The van der Waals surface area contributed by atoms with Crippen LogP contribution in [-0.2, 0) is 9.53 Å². The van der Waals surface area contributed by atoms with Gasteiger partial charge >= 0.3 is 5.97 Å². The van der Waals surface area contributed by atoms with Gasteiger partial charge in [0.05, 0.1) is 16.2 Å². The second-order valence-corrected chi connectivity index (χ2v) is 6.70. The number of nitrogens with one attached hydrogen (secondary N) is 1. The van der Waals surface area contributed by atoms with Crippen molar-refractivity contribution in [2.75, 3.05) is 5.32 Å². The molecule has 1 heterocycles. The average Bonchev–Trinajstić information content (AvgIpc) is 2.74. The van der Waals surface area contributed by atoms with Crippen LogP contribution in [0.4, 0.5) is 11.4 Å². The van der Waals surface area contributed by atoms with Crippen molar-refractivity contribution in [3.05, 3.63) is 98.8 Å². The van der Waals surface area contributed by atoms with Crippen LogP contribution < -0.4 is 5.32 Å². The molecule has 1 N–H and O–H groups in total. The first-order chi connectivity index (χ1) is 14.0. The van der Waals surface area contributed by atoms with Crippen molar-refractivity contribution in [3.63, 3.8) is 0 Å². The SMILES string of the molecule is O=C(OC(C(=O)Nc1ccc([N+](=O)[O-])cc1Br)c1ccccc1)c1ccncc1. The number of hydrogen-bond acceptors (Lipinski definition) is 6. The molecule has 1 amide bonds. The van der Waals surface area contributed by atoms with Crippen LogP contribution in [-0.4, -0.2) is 21.8 Å². The van der Waals surface area contributed by atoms with Crippen molar-refractivity contribution in [2.24, 2.45) is 0 Å². The summed E-state index contributed by atoms with van der Waals surface area (Å²) < 4.78 is 5.78. The Hall–Kier alpha value is -3.59. The van der Waals surface area contributed by atoms with Gasteiger partial charge in [-0.05, 0) is 34.1 Å². The fourth-order valence-electron chi connectivity index (χ4n) is 2.48. The van der Waals surface area contributed by atoms with Crippen LogP contribution in [0.5, 0.6) is 0 Å². The predicted octanol–water partition coefficient (Wildman–Crippen LogP) is 4.29. The van der Waals surface area contributed by atoms with Gasteiger partial charge in [0.1, 0.15) is 0 Å². The van der Waals surface area contributed by atoms with Crippen molar-refractivity contribution < 1.29 is 19.2 Å². The molecule has 8 nitrogen and oxygen atoms in total. The number of non-ortho nitro benzene ring substituents is 1. The molecule has 0 saturated heterocycles. The van der Waals surface area contributed by atoms with Crippen LogP contribution in [0.25, 0.3) is 0 Å². The summed E-state index contributed by atoms with van der Waals surface area (Å²) in [5.41, 5.74) is 0.913. The summed E-state index contributed by atoms with van der Waals surface area (Å²) in [5, 5.41) is 13.5. The molecule has 9 heteroatoms. The van der Waals surface area contributed by atoms with Gasteiger partial charge in [-0.3, -0.25) is 19.9 Å². The Labute approximate surface area is 173 Å². The molecule has 1 aromatic heterocycles. The van der Waals surface area contributed by atoms with Gasteiger partial charge in [-0.2, -0.15) is 0 Å². The second kappa shape index (κ2) is 9.07. The molecule has 0 spiro atoms. The molecular weight excluding hydrogens is 442 g/mol. The summed E-state index contributed by atoms with van der Waals surface area (Å²) in [6, 6.07) is 15.4. The summed E-state index contributed by atoms with van der Waals surface area (Å²) in [6.07, 6.45) is 1.67.